The van der Waals surface area contributed by atoms with Crippen LogP contribution < -0.4 is 10.9 Å². The minimum atomic E-state index is -0.387. The molecule has 0 aliphatic carbocycles. The van der Waals surface area contributed by atoms with E-state index in [4.69, 9.17) is 13.6 Å². The van der Waals surface area contributed by atoms with E-state index in [9.17, 15) is 4.79 Å². The minimum Gasteiger partial charge on any atom is -0.454 e. The Bertz CT molecular complexity index is 1270. The fraction of sp³-hybridized carbons (Fsp3) is 0.333. The maximum absolute atomic E-state index is 12.3. The highest BCUT2D eigenvalue weighted by Crippen LogP contribution is 2.35. The first-order valence-electron chi connectivity index (χ1n) is 10.1. The second-order valence-electron chi connectivity index (χ2n) is 7.61. The Morgan fingerprint density at radius 1 is 1.07 bits per heavy atom. The number of pyridine rings is 1. The summed E-state index contributed by atoms with van der Waals surface area (Å²) in [6.45, 7) is 8.16. The summed E-state index contributed by atoms with van der Waals surface area (Å²) in [7, 11) is 1.71. The van der Waals surface area contributed by atoms with Crippen molar-refractivity contribution < 1.29 is 13.6 Å². The standard InChI is InChI=1S/C24H26N2O4/c1-14-6-7-18-20(11-22(27)30-23(18)15(14)2)21-10-19-17(12-25-8-5-9-28-4)13-26-16(3)24(19)29-21/h6-7,10-11,13,25H,5,8-9,12H2,1-4H3. The van der Waals surface area contributed by atoms with Crippen molar-refractivity contribution in [1.29, 1.82) is 0 Å². The van der Waals surface area contributed by atoms with Gasteiger partial charge in [-0.3, -0.25) is 4.98 Å². The van der Waals surface area contributed by atoms with Gasteiger partial charge in [0.15, 0.2) is 5.58 Å². The van der Waals surface area contributed by atoms with Gasteiger partial charge in [-0.2, -0.15) is 0 Å². The van der Waals surface area contributed by atoms with Crippen LogP contribution >= 0.6 is 0 Å². The van der Waals surface area contributed by atoms with Crippen molar-refractivity contribution in [2.45, 2.75) is 33.7 Å². The summed E-state index contributed by atoms with van der Waals surface area (Å²) in [5, 5.41) is 5.29. The van der Waals surface area contributed by atoms with E-state index in [-0.39, 0.29) is 5.63 Å². The number of aromatic nitrogens is 1. The smallest absolute Gasteiger partial charge is 0.336 e. The highest BCUT2D eigenvalue weighted by atomic mass is 16.5. The number of methoxy groups -OCH3 is 1. The Kier molecular flexibility index (Phi) is 5.70. The van der Waals surface area contributed by atoms with Crippen LogP contribution in [0.4, 0.5) is 0 Å². The van der Waals surface area contributed by atoms with Crippen LogP contribution in [0.2, 0.25) is 0 Å². The van der Waals surface area contributed by atoms with Gasteiger partial charge in [-0.25, -0.2) is 4.79 Å². The molecule has 30 heavy (non-hydrogen) atoms. The summed E-state index contributed by atoms with van der Waals surface area (Å²) >= 11 is 0. The molecule has 0 amide bonds. The molecule has 0 aliphatic heterocycles. The number of nitrogens with zero attached hydrogens (tertiary/aromatic N) is 1. The van der Waals surface area contributed by atoms with E-state index in [2.05, 4.69) is 10.3 Å². The van der Waals surface area contributed by atoms with Gasteiger partial charge in [0.25, 0.3) is 0 Å². The number of fused-ring (bicyclic) bond motifs is 2. The number of benzene rings is 1. The minimum absolute atomic E-state index is 0.387. The van der Waals surface area contributed by atoms with Gasteiger partial charge in [0.1, 0.15) is 11.3 Å². The quantitative estimate of drug-likeness (QED) is 0.355. The first kappa shape index (κ1) is 20.3. The van der Waals surface area contributed by atoms with Crippen molar-refractivity contribution >= 4 is 21.9 Å². The molecule has 6 nitrogen and oxygen atoms in total. The van der Waals surface area contributed by atoms with Crippen molar-refractivity contribution in [3.63, 3.8) is 0 Å². The Hall–Kier alpha value is -2.96. The maximum atomic E-state index is 12.3. The van der Waals surface area contributed by atoms with E-state index >= 15 is 0 Å². The maximum Gasteiger partial charge on any atom is 0.336 e. The van der Waals surface area contributed by atoms with Crippen molar-refractivity contribution in [2.75, 3.05) is 20.3 Å². The van der Waals surface area contributed by atoms with Gasteiger partial charge in [0, 0.05) is 48.9 Å². The van der Waals surface area contributed by atoms with Crippen LogP contribution in [-0.4, -0.2) is 25.2 Å². The number of nitrogens with one attached hydrogen (secondary N) is 1. The van der Waals surface area contributed by atoms with E-state index in [0.29, 0.717) is 17.9 Å². The predicted octanol–water partition coefficient (Wildman–Crippen LogP) is 4.65. The third-order valence-corrected chi connectivity index (χ3v) is 5.54. The average Bonchev–Trinajstić information content (AvgIpc) is 3.18. The molecule has 156 valence electrons. The molecule has 6 heteroatoms. The number of aryl methyl sites for hydroxylation is 3. The van der Waals surface area contributed by atoms with Gasteiger partial charge in [-0.1, -0.05) is 12.1 Å². The van der Waals surface area contributed by atoms with Crippen molar-refractivity contribution in [3.8, 4) is 11.3 Å². The molecule has 0 fully saturated rings. The fourth-order valence-corrected chi connectivity index (χ4v) is 3.70. The van der Waals surface area contributed by atoms with Gasteiger partial charge in [-0.15, -0.1) is 0 Å². The topological polar surface area (TPSA) is 77.5 Å². The van der Waals surface area contributed by atoms with Crippen LogP contribution in [0.15, 0.2) is 44.1 Å². The Morgan fingerprint density at radius 3 is 2.70 bits per heavy atom. The zero-order chi connectivity index (χ0) is 21.3. The lowest BCUT2D eigenvalue weighted by molar-refractivity contribution is 0.194. The second kappa shape index (κ2) is 8.42. The van der Waals surface area contributed by atoms with Gasteiger partial charge in [0.2, 0.25) is 0 Å². The molecule has 0 saturated heterocycles. The second-order valence-corrected chi connectivity index (χ2v) is 7.61. The van der Waals surface area contributed by atoms with Crippen molar-refractivity contribution in [2.24, 2.45) is 0 Å². The van der Waals surface area contributed by atoms with Crippen molar-refractivity contribution in [3.05, 3.63) is 63.3 Å². The zero-order valence-electron chi connectivity index (χ0n) is 17.8. The molecule has 0 aliphatic rings. The lowest BCUT2D eigenvalue weighted by atomic mass is 10.0. The first-order valence-corrected chi connectivity index (χ1v) is 10.1. The summed E-state index contributed by atoms with van der Waals surface area (Å²) in [5.74, 6) is 0.642. The molecule has 4 rings (SSSR count). The lowest BCUT2D eigenvalue weighted by Gasteiger charge is -2.07. The highest BCUT2D eigenvalue weighted by molar-refractivity contribution is 5.97. The average molecular weight is 406 g/mol. The molecular formula is C24H26N2O4. The molecule has 1 N–H and O–H groups in total. The number of furan rings is 1. The van der Waals surface area contributed by atoms with Gasteiger partial charge >= 0.3 is 5.63 Å². The number of ether oxygens (including phenoxy) is 1. The highest BCUT2D eigenvalue weighted by Gasteiger charge is 2.17. The molecular weight excluding hydrogens is 380 g/mol. The SMILES string of the molecule is COCCCNCc1cnc(C)c2oc(-c3cc(=O)oc4c(C)c(C)ccc34)cc12. The van der Waals surface area contributed by atoms with Crippen LogP contribution in [-0.2, 0) is 11.3 Å². The van der Waals surface area contributed by atoms with E-state index in [0.717, 1.165) is 63.9 Å². The third-order valence-electron chi connectivity index (χ3n) is 5.54. The third kappa shape index (κ3) is 3.76. The summed E-state index contributed by atoms with van der Waals surface area (Å²) in [4.78, 5) is 16.8. The summed E-state index contributed by atoms with van der Waals surface area (Å²) in [6.07, 6.45) is 2.82. The molecule has 3 heterocycles. The number of hydrogen-bond acceptors (Lipinski definition) is 6. The van der Waals surface area contributed by atoms with E-state index in [1.165, 1.54) is 6.07 Å². The lowest BCUT2D eigenvalue weighted by Crippen LogP contribution is -2.16. The summed E-state index contributed by atoms with van der Waals surface area (Å²) in [5.41, 5.74) is 5.61. The molecule has 0 spiro atoms. The van der Waals surface area contributed by atoms with Crippen LogP contribution in [0.25, 0.3) is 33.3 Å². The van der Waals surface area contributed by atoms with Crippen molar-refractivity contribution in [1.82, 2.24) is 10.3 Å². The molecule has 1 aromatic carbocycles. The zero-order valence-corrected chi connectivity index (χ0v) is 17.8. The molecule has 0 unspecified atom stereocenters. The van der Waals surface area contributed by atoms with Crippen LogP contribution in [0.3, 0.4) is 0 Å². The Labute approximate surface area is 174 Å². The van der Waals surface area contributed by atoms with Crippen LogP contribution in [0.5, 0.6) is 0 Å². The monoisotopic (exact) mass is 406 g/mol. The van der Waals surface area contributed by atoms with E-state index < -0.39 is 0 Å². The van der Waals surface area contributed by atoms with Crippen LogP contribution in [0.1, 0.15) is 28.8 Å². The van der Waals surface area contributed by atoms with Crippen LogP contribution in [0, 0.1) is 20.8 Å². The molecule has 0 saturated carbocycles. The molecule has 0 bridgehead atoms. The number of hydrogen-bond donors (Lipinski definition) is 1. The first-order chi connectivity index (χ1) is 14.5. The largest absolute Gasteiger partial charge is 0.454 e. The van der Waals surface area contributed by atoms with E-state index in [1.807, 2.05) is 45.2 Å². The van der Waals surface area contributed by atoms with Gasteiger partial charge in [0.05, 0.1) is 5.69 Å². The summed E-state index contributed by atoms with van der Waals surface area (Å²) in [6, 6.07) is 7.51. The molecule has 0 radical (unpaired) electrons. The molecule has 0 atom stereocenters. The molecule has 3 aromatic heterocycles. The van der Waals surface area contributed by atoms with Gasteiger partial charge in [-0.05, 0) is 56.5 Å². The normalized spacial score (nSPS) is 11.6. The van der Waals surface area contributed by atoms with E-state index in [1.54, 1.807) is 7.11 Å². The fourth-order valence-electron chi connectivity index (χ4n) is 3.70. The molecule has 4 aromatic rings. The summed E-state index contributed by atoms with van der Waals surface area (Å²) < 4.78 is 16.8. The Morgan fingerprint density at radius 2 is 1.90 bits per heavy atom. The Balaban J connectivity index is 1.79. The number of rotatable bonds is 7. The van der Waals surface area contributed by atoms with Gasteiger partial charge < -0.3 is 18.9 Å². The predicted molar refractivity (Wildman–Crippen MR) is 118 cm³/mol.